The van der Waals surface area contributed by atoms with Crippen molar-refractivity contribution in [3.63, 3.8) is 0 Å². The van der Waals surface area contributed by atoms with E-state index in [0.717, 1.165) is 11.1 Å². The minimum Gasteiger partial charge on any atom is -0.386 e. The predicted molar refractivity (Wildman–Crippen MR) is 102 cm³/mol. The standard InChI is InChI=1S/C19H18Cl2F2N2O3/c20-17(21)18(27)25-14(7-22)16(26)12-3-1-11(2-4-12)13-5-6-15(24-8-13)19(23)9-28-10-19/h1-6,8,14,16-17,26H,7,9-10H2,(H,25,27)/t14-,16+/m1/s1. The van der Waals surface area contributed by atoms with Crippen LogP contribution in [0.4, 0.5) is 8.78 Å². The number of carbonyl (C=O) groups is 1. The fourth-order valence-corrected chi connectivity index (χ4v) is 2.94. The van der Waals surface area contributed by atoms with E-state index < -0.39 is 35.2 Å². The molecule has 1 aromatic heterocycles. The highest BCUT2D eigenvalue weighted by Gasteiger charge is 2.42. The molecule has 0 bridgehead atoms. The number of aliphatic hydroxyl groups excluding tert-OH is 1. The maximum atomic E-state index is 14.3. The molecule has 1 aliphatic rings. The molecule has 0 unspecified atom stereocenters. The number of aromatic nitrogens is 1. The van der Waals surface area contributed by atoms with Crippen molar-refractivity contribution in [2.45, 2.75) is 22.7 Å². The van der Waals surface area contributed by atoms with E-state index in [1.165, 1.54) is 0 Å². The van der Waals surface area contributed by atoms with Crippen LogP contribution >= 0.6 is 23.2 Å². The number of carbonyl (C=O) groups excluding carboxylic acids is 1. The average Bonchev–Trinajstić information content (AvgIpc) is 2.69. The van der Waals surface area contributed by atoms with E-state index in [4.69, 9.17) is 27.9 Å². The Morgan fingerprint density at radius 2 is 1.86 bits per heavy atom. The smallest absolute Gasteiger partial charge is 0.253 e. The molecule has 0 aliphatic carbocycles. The number of hydrogen-bond acceptors (Lipinski definition) is 4. The summed E-state index contributed by atoms with van der Waals surface area (Å²) in [5.41, 5.74) is 0.758. The van der Waals surface area contributed by atoms with Crippen molar-refractivity contribution in [3.05, 3.63) is 53.9 Å². The van der Waals surface area contributed by atoms with Gasteiger partial charge in [0.25, 0.3) is 5.91 Å². The SMILES string of the molecule is O=C(N[C@H](CF)[C@@H](O)c1ccc(-c2ccc(C3(F)COC3)nc2)cc1)C(Cl)Cl. The van der Waals surface area contributed by atoms with Gasteiger partial charge in [-0.15, -0.1) is 0 Å². The number of amides is 1. The largest absolute Gasteiger partial charge is 0.386 e. The quantitative estimate of drug-likeness (QED) is 0.661. The fraction of sp³-hybridized carbons (Fsp3) is 0.368. The Morgan fingerprint density at radius 1 is 1.21 bits per heavy atom. The molecule has 1 aromatic carbocycles. The van der Waals surface area contributed by atoms with Crippen molar-refractivity contribution >= 4 is 29.1 Å². The summed E-state index contributed by atoms with van der Waals surface area (Å²) in [5, 5.41) is 12.6. The Hall–Kier alpha value is -1.80. The summed E-state index contributed by atoms with van der Waals surface area (Å²) in [4.78, 5) is 14.3. The highest BCUT2D eigenvalue weighted by Crippen LogP contribution is 2.33. The number of benzene rings is 1. The average molecular weight is 431 g/mol. The van der Waals surface area contributed by atoms with Crippen LogP contribution in [0.5, 0.6) is 0 Å². The molecule has 2 aromatic rings. The zero-order chi connectivity index (χ0) is 20.3. The molecule has 3 rings (SSSR count). The molecule has 150 valence electrons. The monoisotopic (exact) mass is 430 g/mol. The van der Waals surface area contributed by atoms with Gasteiger partial charge in [0.15, 0.2) is 10.5 Å². The highest BCUT2D eigenvalue weighted by molar-refractivity contribution is 6.53. The van der Waals surface area contributed by atoms with Crippen molar-refractivity contribution < 1.29 is 23.4 Å². The number of pyridine rings is 1. The number of hydrogen-bond donors (Lipinski definition) is 2. The summed E-state index contributed by atoms with van der Waals surface area (Å²) in [6.45, 7) is -0.978. The van der Waals surface area contributed by atoms with Gasteiger partial charge in [0.05, 0.1) is 24.9 Å². The first-order chi connectivity index (χ1) is 13.3. The summed E-state index contributed by atoms with van der Waals surface area (Å²) in [6, 6.07) is 8.84. The summed E-state index contributed by atoms with van der Waals surface area (Å²) in [6.07, 6.45) is 0.284. The summed E-state index contributed by atoms with van der Waals surface area (Å²) < 4.78 is 32.4. The first kappa shape index (κ1) is 20.9. The van der Waals surface area contributed by atoms with Gasteiger partial charge in [-0.2, -0.15) is 0 Å². The Balaban J connectivity index is 1.71. The first-order valence-corrected chi connectivity index (χ1v) is 9.37. The Morgan fingerprint density at radius 3 is 2.32 bits per heavy atom. The van der Waals surface area contributed by atoms with E-state index in [0.29, 0.717) is 11.3 Å². The summed E-state index contributed by atoms with van der Waals surface area (Å²) >= 11 is 10.9. The van der Waals surface area contributed by atoms with Crippen LogP contribution in [0.15, 0.2) is 42.6 Å². The van der Waals surface area contributed by atoms with Gasteiger partial charge in [0, 0.05) is 11.8 Å². The van der Waals surface area contributed by atoms with Crippen LogP contribution < -0.4 is 5.32 Å². The van der Waals surface area contributed by atoms with Crippen LogP contribution in [0, 0.1) is 0 Å². The van der Waals surface area contributed by atoms with Crippen molar-refractivity contribution in [2.75, 3.05) is 19.9 Å². The molecule has 2 heterocycles. The highest BCUT2D eigenvalue weighted by atomic mass is 35.5. The molecule has 0 radical (unpaired) electrons. The molecule has 0 saturated carbocycles. The lowest BCUT2D eigenvalue weighted by Gasteiger charge is -2.32. The van der Waals surface area contributed by atoms with Crippen molar-refractivity contribution in [1.29, 1.82) is 0 Å². The van der Waals surface area contributed by atoms with Crippen LogP contribution in [-0.4, -0.2) is 46.8 Å². The molecule has 28 heavy (non-hydrogen) atoms. The van der Waals surface area contributed by atoms with Gasteiger partial charge in [-0.05, 0) is 17.2 Å². The van der Waals surface area contributed by atoms with E-state index in [9.17, 15) is 18.7 Å². The minimum absolute atomic E-state index is 0.00634. The zero-order valence-electron chi connectivity index (χ0n) is 14.6. The van der Waals surface area contributed by atoms with Crippen LogP contribution in [-0.2, 0) is 15.2 Å². The van der Waals surface area contributed by atoms with Gasteiger partial charge in [0.2, 0.25) is 0 Å². The van der Waals surface area contributed by atoms with Crippen molar-refractivity contribution in [3.8, 4) is 11.1 Å². The van der Waals surface area contributed by atoms with Crippen LogP contribution in [0.2, 0.25) is 0 Å². The van der Waals surface area contributed by atoms with E-state index in [2.05, 4.69) is 10.3 Å². The molecule has 1 saturated heterocycles. The van der Waals surface area contributed by atoms with Crippen LogP contribution in [0.25, 0.3) is 11.1 Å². The van der Waals surface area contributed by atoms with Crippen LogP contribution in [0.1, 0.15) is 17.4 Å². The normalized spacial score (nSPS) is 17.6. The van der Waals surface area contributed by atoms with E-state index in [1.807, 2.05) is 0 Å². The van der Waals surface area contributed by atoms with E-state index in [1.54, 1.807) is 42.6 Å². The van der Waals surface area contributed by atoms with Gasteiger partial charge in [-0.25, -0.2) is 8.78 Å². The minimum atomic E-state index is -1.52. The molecule has 2 N–H and O–H groups in total. The number of alkyl halides is 4. The Labute approximate surface area is 170 Å². The summed E-state index contributed by atoms with van der Waals surface area (Å²) in [5.74, 6) is -0.782. The molecular weight excluding hydrogens is 413 g/mol. The van der Waals surface area contributed by atoms with Gasteiger partial charge in [-0.3, -0.25) is 9.78 Å². The Bertz CT molecular complexity index is 815. The third-order valence-corrected chi connectivity index (χ3v) is 4.94. The molecule has 5 nitrogen and oxygen atoms in total. The summed E-state index contributed by atoms with van der Waals surface area (Å²) in [7, 11) is 0. The molecule has 1 aliphatic heterocycles. The number of aliphatic hydroxyl groups is 1. The van der Waals surface area contributed by atoms with Gasteiger partial charge < -0.3 is 15.2 Å². The predicted octanol–water partition coefficient (Wildman–Crippen LogP) is 3.24. The van der Waals surface area contributed by atoms with Crippen molar-refractivity contribution in [1.82, 2.24) is 10.3 Å². The lowest BCUT2D eigenvalue weighted by Crippen LogP contribution is -2.43. The fourth-order valence-electron chi connectivity index (χ4n) is 2.81. The third-order valence-electron chi connectivity index (χ3n) is 4.54. The van der Waals surface area contributed by atoms with E-state index >= 15 is 0 Å². The number of halogens is 4. The topological polar surface area (TPSA) is 71.5 Å². The second-order valence-electron chi connectivity index (χ2n) is 6.53. The lowest BCUT2D eigenvalue weighted by atomic mass is 9.97. The van der Waals surface area contributed by atoms with Crippen molar-refractivity contribution in [2.24, 2.45) is 0 Å². The molecule has 0 spiro atoms. The third kappa shape index (κ3) is 4.43. The maximum Gasteiger partial charge on any atom is 0.253 e. The maximum absolute atomic E-state index is 14.3. The molecule has 9 heteroatoms. The van der Waals surface area contributed by atoms with Gasteiger partial charge in [-0.1, -0.05) is 53.5 Å². The lowest BCUT2D eigenvalue weighted by molar-refractivity contribution is -0.137. The number of ether oxygens (including phenoxy) is 1. The number of rotatable bonds is 7. The number of nitrogens with one attached hydrogen (secondary N) is 1. The van der Waals surface area contributed by atoms with E-state index in [-0.39, 0.29) is 13.2 Å². The Kier molecular flexibility index (Phi) is 6.50. The number of nitrogens with zero attached hydrogens (tertiary/aromatic N) is 1. The molecule has 1 fully saturated rings. The van der Waals surface area contributed by atoms with Gasteiger partial charge in [0.1, 0.15) is 12.8 Å². The molecule has 1 amide bonds. The second-order valence-corrected chi connectivity index (χ2v) is 7.62. The molecular formula is C19H18Cl2F2N2O3. The van der Waals surface area contributed by atoms with Gasteiger partial charge >= 0.3 is 0 Å². The molecule has 2 atom stereocenters. The van der Waals surface area contributed by atoms with Crippen LogP contribution in [0.3, 0.4) is 0 Å². The zero-order valence-corrected chi connectivity index (χ0v) is 16.1. The second kappa shape index (κ2) is 8.69. The first-order valence-electron chi connectivity index (χ1n) is 8.50.